The van der Waals surface area contributed by atoms with E-state index in [1.165, 1.54) is 0 Å². The Morgan fingerprint density at radius 2 is 2.05 bits per heavy atom. The van der Waals surface area contributed by atoms with E-state index in [9.17, 15) is 5.11 Å². The molecule has 1 aliphatic carbocycles. The molecule has 0 spiro atoms. The zero-order chi connectivity index (χ0) is 14.0. The van der Waals surface area contributed by atoms with E-state index in [-0.39, 0.29) is 26.0 Å². The van der Waals surface area contributed by atoms with Gasteiger partial charge >= 0.3 is 0 Å². The molecule has 7 heteroatoms. The van der Waals surface area contributed by atoms with Crippen molar-refractivity contribution < 1.29 is 10.2 Å². The van der Waals surface area contributed by atoms with Gasteiger partial charge in [-0.15, -0.1) is 0 Å². The van der Waals surface area contributed by atoms with Crippen molar-refractivity contribution in [3.63, 3.8) is 0 Å². The molecular weight excluding hydrogens is 298 g/mol. The quantitative estimate of drug-likeness (QED) is 0.890. The smallest absolute Gasteiger partial charge is 0.154 e. The summed E-state index contributed by atoms with van der Waals surface area (Å²) in [5.74, 6) is 1.02. The molecule has 1 saturated carbocycles. The van der Waals surface area contributed by atoms with E-state index in [0.29, 0.717) is 18.0 Å². The Hall–Kier alpha value is -0.820. The number of nitrogens with zero attached hydrogens (tertiary/aromatic N) is 3. The molecule has 2 aromatic heterocycles. The van der Waals surface area contributed by atoms with Crippen LogP contribution in [0, 0.1) is 0 Å². The van der Waals surface area contributed by atoms with E-state index in [1.807, 2.05) is 18.2 Å². The molecule has 0 bridgehead atoms. The Bertz CT molecular complexity index is 570. The van der Waals surface area contributed by atoms with Gasteiger partial charge in [0.05, 0.1) is 18.4 Å². The van der Waals surface area contributed by atoms with Gasteiger partial charge in [-0.3, -0.25) is 4.40 Å². The van der Waals surface area contributed by atoms with Crippen LogP contribution in [0.2, 0.25) is 5.15 Å². The Morgan fingerprint density at radius 3 is 2.65 bits per heavy atom. The predicted octanol–water partition coefficient (Wildman–Crippen LogP) is 2.12. The standard InChI is InChI=1S/C11H12ClN3O2.C2H6.H2S/c12-9-8-5-14-10(15(8)2-1-13-9)7-3-11(17,4-7)6-16;1-2;/h1-2,5,7,16-17H,3-4,6H2;1-2H3;1H2. The fourth-order valence-electron chi connectivity index (χ4n) is 2.39. The lowest BCUT2D eigenvalue weighted by molar-refractivity contribution is -0.0882. The van der Waals surface area contributed by atoms with E-state index in [4.69, 9.17) is 16.7 Å². The monoisotopic (exact) mass is 317 g/mol. The molecule has 3 rings (SSSR count). The van der Waals surface area contributed by atoms with E-state index in [0.717, 1.165) is 11.3 Å². The van der Waals surface area contributed by atoms with Gasteiger partial charge in [0.1, 0.15) is 11.3 Å². The topological polar surface area (TPSA) is 70.7 Å². The van der Waals surface area contributed by atoms with E-state index >= 15 is 0 Å². The van der Waals surface area contributed by atoms with Crippen molar-refractivity contribution >= 4 is 30.6 Å². The van der Waals surface area contributed by atoms with E-state index in [2.05, 4.69) is 9.97 Å². The molecule has 0 atom stereocenters. The number of rotatable bonds is 2. The lowest BCUT2D eigenvalue weighted by Gasteiger charge is -2.41. The van der Waals surface area contributed by atoms with Crippen LogP contribution in [-0.4, -0.2) is 36.8 Å². The van der Waals surface area contributed by atoms with Gasteiger partial charge in [-0.1, -0.05) is 25.4 Å². The molecule has 1 aliphatic rings. The number of imidazole rings is 1. The fourth-order valence-corrected chi connectivity index (χ4v) is 2.58. The lowest BCUT2D eigenvalue weighted by atomic mass is 9.71. The number of hydrogen-bond donors (Lipinski definition) is 2. The van der Waals surface area contributed by atoms with Crippen LogP contribution in [0.3, 0.4) is 0 Å². The van der Waals surface area contributed by atoms with Gasteiger partial charge in [-0.2, -0.15) is 13.5 Å². The summed E-state index contributed by atoms with van der Waals surface area (Å²) in [6, 6.07) is 0. The number of fused-ring (bicyclic) bond motifs is 1. The highest BCUT2D eigenvalue weighted by Crippen LogP contribution is 2.44. The molecule has 0 amide bonds. The first-order valence-electron chi connectivity index (χ1n) is 6.44. The van der Waals surface area contributed by atoms with Crippen LogP contribution >= 0.6 is 25.1 Å². The number of aliphatic hydroxyl groups is 2. The second-order valence-corrected chi connectivity index (χ2v) is 4.94. The van der Waals surface area contributed by atoms with E-state index in [1.54, 1.807) is 18.6 Å². The molecule has 0 aliphatic heterocycles. The second kappa shape index (κ2) is 6.76. The summed E-state index contributed by atoms with van der Waals surface area (Å²) < 4.78 is 1.89. The maximum absolute atomic E-state index is 9.79. The summed E-state index contributed by atoms with van der Waals surface area (Å²) in [4.78, 5) is 8.31. The van der Waals surface area contributed by atoms with Gasteiger partial charge in [0.15, 0.2) is 5.15 Å². The van der Waals surface area contributed by atoms with Crippen LogP contribution in [0.25, 0.3) is 5.52 Å². The molecule has 2 heterocycles. The van der Waals surface area contributed by atoms with Gasteiger partial charge < -0.3 is 10.2 Å². The van der Waals surface area contributed by atoms with Crippen LogP contribution in [-0.2, 0) is 0 Å². The summed E-state index contributed by atoms with van der Waals surface area (Å²) in [5, 5.41) is 19.2. The summed E-state index contributed by atoms with van der Waals surface area (Å²) in [5.41, 5.74) is -0.170. The molecule has 5 nitrogen and oxygen atoms in total. The van der Waals surface area contributed by atoms with Crippen LogP contribution in [0.5, 0.6) is 0 Å². The third-order valence-electron chi connectivity index (χ3n) is 3.35. The Labute approximate surface area is 130 Å². The zero-order valence-electron chi connectivity index (χ0n) is 11.5. The minimum atomic E-state index is -0.937. The highest BCUT2D eigenvalue weighted by atomic mass is 35.5. The van der Waals surface area contributed by atoms with Crippen molar-refractivity contribution in [3.05, 3.63) is 29.6 Å². The third-order valence-corrected chi connectivity index (χ3v) is 3.64. The average Bonchev–Trinajstić information content (AvgIpc) is 2.82. The first kappa shape index (κ1) is 17.2. The largest absolute Gasteiger partial charge is 0.393 e. The Balaban J connectivity index is 0.000000639. The maximum Gasteiger partial charge on any atom is 0.154 e. The molecule has 20 heavy (non-hydrogen) atoms. The van der Waals surface area contributed by atoms with Crippen molar-refractivity contribution in [2.75, 3.05) is 6.61 Å². The maximum atomic E-state index is 9.79. The molecule has 0 aromatic carbocycles. The molecular formula is C13H20ClN3O2S. The molecule has 112 valence electrons. The molecule has 2 aromatic rings. The number of aromatic nitrogens is 3. The summed E-state index contributed by atoms with van der Waals surface area (Å²) in [6.45, 7) is 3.80. The third kappa shape index (κ3) is 2.93. The fraction of sp³-hybridized carbons (Fsp3) is 0.538. The van der Waals surface area contributed by atoms with Gasteiger partial charge in [0.25, 0.3) is 0 Å². The van der Waals surface area contributed by atoms with Crippen molar-refractivity contribution in [1.82, 2.24) is 14.4 Å². The first-order valence-corrected chi connectivity index (χ1v) is 6.81. The summed E-state index contributed by atoms with van der Waals surface area (Å²) in [6.07, 6.45) is 6.17. The second-order valence-electron chi connectivity index (χ2n) is 4.58. The van der Waals surface area contributed by atoms with Gasteiger partial charge in [0.2, 0.25) is 0 Å². The highest BCUT2D eigenvalue weighted by Gasteiger charge is 2.44. The van der Waals surface area contributed by atoms with Crippen LogP contribution in [0.1, 0.15) is 38.4 Å². The molecule has 1 fully saturated rings. The van der Waals surface area contributed by atoms with Crippen molar-refractivity contribution in [2.24, 2.45) is 0 Å². The predicted molar refractivity (Wildman–Crippen MR) is 83.7 cm³/mol. The van der Waals surface area contributed by atoms with Gasteiger partial charge in [0, 0.05) is 18.3 Å². The summed E-state index contributed by atoms with van der Waals surface area (Å²) in [7, 11) is 0. The highest BCUT2D eigenvalue weighted by molar-refractivity contribution is 7.59. The average molecular weight is 318 g/mol. The number of aliphatic hydroxyl groups excluding tert-OH is 1. The van der Waals surface area contributed by atoms with Crippen molar-refractivity contribution in [1.29, 1.82) is 0 Å². The Kier molecular flexibility index (Phi) is 5.82. The Morgan fingerprint density at radius 1 is 1.40 bits per heavy atom. The lowest BCUT2D eigenvalue weighted by Crippen LogP contribution is -2.46. The van der Waals surface area contributed by atoms with Crippen molar-refractivity contribution in [3.8, 4) is 0 Å². The van der Waals surface area contributed by atoms with Crippen molar-refractivity contribution in [2.45, 2.75) is 38.2 Å². The van der Waals surface area contributed by atoms with Crippen LogP contribution in [0.4, 0.5) is 0 Å². The molecule has 0 saturated heterocycles. The first-order chi connectivity index (χ1) is 9.13. The van der Waals surface area contributed by atoms with Crippen LogP contribution < -0.4 is 0 Å². The summed E-state index contributed by atoms with van der Waals surface area (Å²) >= 11 is 5.96. The van der Waals surface area contributed by atoms with Crippen LogP contribution in [0.15, 0.2) is 18.6 Å². The number of halogens is 1. The minimum absolute atomic E-state index is 0. The van der Waals surface area contributed by atoms with Gasteiger partial charge in [-0.25, -0.2) is 9.97 Å². The molecule has 0 radical (unpaired) electrons. The normalized spacial score (nSPS) is 24.4. The minimum Gasteiger partial charge on any atom is -0.393 e. The SMILES string of the molecule is CC.OCC1(O)CC(c2ncc3c(Cl)nccn23)C1.S. The molecule has 2 N–H and O–H groups in total. The number of hydrogen-bond acceptors (Lipinski definition) is 4. The zero-order valence-corrected chi connectivity index (χ0v) is 13.3. The molecule has 0 unspecified atom stereocenters. The van der Waals surface area contributed by atoms with Gasteiger partial charge in [-0.05, 0) is 12.8 Å². The van der Waals surface area contributed by atoms with E-state index < -0.39 is 5.60 Å².